The molecule has 1 aliphatic heterocycles. The van der Waals surface area contributed by atoms with Crippen molar-refractivity contribution in [2.24, 2.45) is 0 Å². The van der Waals surface area contributed by atoms with E-state index in [0.717, 1.165) is 38.0 Å². The largest absolute Gasteiger partial charge is 0.339 e. The van der Waals surface area contributed by atoms with Crippen LogP contribution in [0.1, 0.15) is 45.9 Å². The van der Waals surface area contributed by atoms with E-state index in [0.29, 0.717) is 0 Å². The van der Waals surface area contributed by atoms with Crippen LogP contribution in [0.3, 0.4) is 0 Å². The summed E-state index contributed by atoms with van der Waals surface area (Å²) in [6, 6.07) is 29.2. The van der Waals surface area contributed by atoms with E-state index in [-0.39, 0.29) is 11.9 Å². The highest BCUT2D eigenvalue weighted by Gasteiger charge is 2.19. The summed E-state index contributed by atoms with van der Waals surface area (Å²) < 4.78 is 0. The molecule has 4 rings (SSSR count). The standard InChI is InChI=1S/C25H26N2O/c28-25(27-17-7-8-18-27)23-15-13-20(14-16-23)19-26-24(21-9-3-1-4-10-21)22-11-5-2-6-12-22/h1-6,9-16,24,26H,7-8,17-19H2. The predicted octanol–water partition coefficient (Wildman–Crippen LogP) is 4.80. The number of hydrogen-bond acceptors (Lipinski definition) is 2. The molecule has 142 valence electrons. The number of carbonyl (C=O) groups excluding carboxylic acids is 1. The predicted molar refractivity (Wildman–Crippen MR) is 113 cm³/mol. The fourth-order valence-corrected chi connectivity index (χ4v) is 3.81. The van der Waals surface area contributed by atoms with Crippen LogP contribution in [-0.4, -0.2) is 23.9 Å². The quantitative estimate of drug-likeness (QED) is 0.676. The molecule has 28 heavy (non-hydrogen) atoms. The van der Waals surface area contributed by atoms with Crippen molar-refractivity contribution in [1.82, 2.24) is 10.2 Å². The van der Waals surface area contributed by atoms with Crippen molar-refractivity contribution in [3.63, 3.8) is 0 Å². The van der Waals surface area contributed by atoms with Crippen LogP contribution in [0.25, 0.3) is 0 Å². The fourth-order valence-electron chi connectivity index (χ4n) is 3.81. The normalized spacial score (nSPS) is 13.8. The molecular formula is C25H26N2O. The van der Waals surface area contributed by atoms with Crippen molar-refractivity contribution in [2.75, 3.05) is 13.1 Å². The van der Waals surface area contributed by atoms with E-state index in [2.05, 4.69) is 66.0 Å². The van der Waals surface area contributed by atoms with Crippen molar-refractivity contribution in [1.29, 1.82) is 0 Å². The molecule has 1 fully saturated rings. The average molecular weight is 370 g/mol. The zero-order valence-corrected chi connectivity index (χ0v) is 16.1. The second-order valence-corrected chi connectivity index (χ2v) is 7.33. The minimum Gasteiger partial charge on any atom is -0.339 e. The maximum absolute atomic E-state index is 12.5. The molecule has 1 aliphatic rings. The zero-order chi connectivity index (χ0) is 19.2. The first-order valence-electron chi connectivity index (χ1n) is 10.0. The van der Waals surface area contributed by atoms with E-state index < -0.39 is 0 Å². The molecule has 3 aromatic carbocycles. The first-order valence-corrected chi connectivity index (χ1v) is 10.0. The Bertz CT molecular complexity index is 845. The number of nitrogens with one attached hydrogen (secondary N) is 1. The third-order valence-electron chi connectivity index (χ3n) is 5.37. The highest BCUT2D eigenvalue weighted by molar-refractivity contribution is 5.94. The van der Waals surface area contributed by atoms with Gasteiger partial charge in [0.25, 0.3) is 5.91 Å². The van der Waals surface area contributed by atoms with Crippen LogP contribution < -0.4 is 5.32 Å². The number of rotatable bonds is 6. The Balaban J connectivity index is 1.46. The third-order valence-corrected chi connectivity index (χ3v) is 5.37. The van der Waals surface area contributed by atoms with Crippen molar-refractivity contribution < 1.29 is 4.79 Å². The van der Waals surface area contributed by atoms with Crippen LogP contribution >= 0.6 is 0 Å². The summed E-state index contributed by atoms with van der Waals surface area (Å²) >= 11 is 0. The number of carbonyl (C=O) groups is 1. The molecule has 0 spiro atoms. The van der Waals surface area contributed by atoms with Crippen LogP contribution in [-0.2, 0) is 6.54 Å². The van der Waals surface area contributed by atoms with Gasteiger partial charge in [0.15, 0.2) is 0 Å². The molecule has 0 atom stereocenters. The lowest BCUT2D eigenvalue weighted by Gasteiger charge is -2.20. The van der Waals surface area contributed by atoms with Crippen molar-refractivity contribution >= 4 is 5.91 Å². The number of hydrogen-bond donors (Lipinski definition) is 1. The Morgan fingerprint density at radius 1 is 0.786 bits per heavy atom. The van der Waals surface area contributed by atoms with Gasteiger partial charge in [0.2, 0.25) is 0 Å². The van der Waals surface area contributed by atoms with Crippen LogP contribution in [0, 0.1) is 0 Å². The van der Waals surface area contributed by atoms with E-state index >= 15 is 0 Å². The maximum Gasteiger partial charge on any atom is 0.253 e. The molecule has 0 radical (unpaired) electrons. The summed E-state index contributed by atoms with van der Waals surface area (Å²) in [5.41, 5.74) is 4.45. The molecular weight excluding hydrogens is 344 g/mol. The molecule has 0 unspecified atom stereocenters. The first-order chi connectivity index (χ1) is 13.8. The summed E-state index contributed by atoms with van der Waals surface area (Å²) in [5, 5.41) is 3.68. The lowest BCUT2D eigenvalue weighted by atomic mass is 9.98. The monoisotopic (exact) mass is 370 g/mol. The summed E-state index contributed by atoms with van der Waals surface area (Å²) in [4.78, 5) is 14.5. The van der Waals surface area contributed by atoms with E-state index in [1.165, 1.54) is 16.7 Å². The van der Waals surface area contributed by atoms with Gasteiger partial charge in [0, 0.05) is 25.2 Å². The first kappa shape index (κ1) is 18.5. The molecule has 1 N–H and O–H groups in total. The topological polar surface area (TPSA) is 32.3 Å². The van der Waals surface area contributed by atoms with E-state index in [9.17, 15) is 4.79 Å². The molecule has 1 amide bonds. The molecule has 0 saturated carbocycles. The summed E-state index contributed by atoms with van der Waals surface area (Å²) in [7, 11) is 0. The van der Waals surface area contributed by atoms with Crippen LogP contribution in [0.4, 0.5) is 0 Å². The van der Waals surface area contributed by atoms with Gasteiger partial charge in [-0.25, -0.2) is 0 Å². The maximum atomic E-state index is 12.5. The summed E-state index contributed by atoms with van der Waals surface area (Å²) in [5.74, 6) is 0.156. The van der Waals surface area contributed by atoms with Gasteiger partial charge in [-0.15, -0.1) is 0 Å². The fraction of sp³-hybridized carbons (Fsp3) is 0.240. The third kappa shape index (κ3) is 4.32. The molecule has 0 bridgehead atoms. The van der Waals surface area contributed by atoms with Gasteiger partial charge >= 0.3 is 0 Å². The van der Waals surface area contributed by atoms with Crippen LogP contribution in [0.5, 0.6) is 0 Å². The molecule has 3 nitrogen and oxygen atoms in total. The van der Waals surface area contributed by atoms with Crippen molar-refractivity contribution in [2.45, 2.75) is 25.4 Å². The molecule has 0 aromatic heterocycles. The molecule has 1 heterocycles. The van der Waals surface area contributed by atoms with Gasteiger partial charge in [0.05, 0.1) is 6.04 Å². The Hall–Kier alpha value is -2.91. The minimum absolute atomic E-state index is 0.133. The Morgan fingerprint density at radius 2 is 1.32 bits per heavy atom. The van der Waals surface area contributed by atoms with Gasteiger partial charge in [-0.05, 0) is 41.7 Å². The summed E-state index contributed by atoms with van der Waals surface area (Å²) in [6.07, 6.45) is 2.24. The van der Waals surface area contributed by atoms with Gasteiger partial charge in [-0.1, -0.05) is 72.8 Å². The van der Waals surface area contributed by atoms with Gasteiger partial charge in [0.1, 0.15) is 0 Å². The van der Waals surface area contributed by atoms with E-state index in [4.69, 9.17) is 0 Å². The zero-order valence-electron chi connectivity index (χ0n) is 16.1. The van der Waals surface area contributed by atoms with Gasteiger partial charge in [-0.2, -0.15) is 0 Å². The lowest BCUT2D eigenvalue weighted by Crippen LogP contribution is -2.27. The molecule has 1 saturated heterocycles. The Kier molecular flexibility index (Phi) is 5.83. The van der Waals surface area contributed by atoms with Crippen LogP contribution in [0.2, 0.25) is 0 Å². The van der Waals surface area contributed by atoms with Gasteiger partial charge in [-0.3, -0.25) is 4.79 Å². The second kappa shape index (κ2) is 8.85. The van der Waals surface area contributed by atoms with Crippen LogP contribution in [0.15, 0.2) is 84.9 Å². The van der Waals surface area contributed by atoms with Gasteiger partial charge < -0.3 is 10.2 Å². The average Bonchev–Trinajstić information content (AvgIpc) is 3.30. The molecule has 0 aliphatic carbocycles. The Labute approximate surface area is 167 Å². The SMILES string of the molecule is O=C(c1ccc(CNC(c2ccccc2)c2ccccc2)cc1)N1CCCC1. The highest BCUT2D eigenvalue weighted by atomic mass is 16.2. The smallest absolute Gasteiger partial charge is 0.253 e. The van der Waals surface area contributed by atoms with E-state index in [1.54, 1.807) is 0 Å². The number of likely N-dealkylation sites (tertiary alicyclic amines) is 1. The Morgan fingerprint density at radius 3 is 1.86 bits per heavy atom. The van der Waals surface area contributed by atoms with E-state index in [1.807, 2.05) is 29.2 Å². The minimum atomic E-state index is 0.133. The second-order valence-electron chi connectivity index (χ2n) is 7.33. The summed E-state index contributed by atoms with van der Waals surface area (Å²) in [6.45, 7) is 2.52. The number of amides is 1. The molecule has 3 heteroatoms. The van der Waals surface area contributed by atoms with Crippen molar-refractivity contribution in [3.05, 3.63) is 107 Å². The van der Waals surface area contributed by atoms with Crippen molar-refractivity contribution in [3.8, 4) is 0 Å². The highest BCUT2D eigenvalue weighted by Crippen LogP contribution is 2.22. The lowest BCUT2D eigenvalue weighted by molar-refractivity contribution is 0.0793. The molecule has 3 aromatic rings. The number of benzene rings is 3. The number of nitrogens with zero attached hydrogens (tertiary/aromatic N) is 1.